The molecule has 196 valence electrons. The first kappa shape index (κ1) is 26.4. The van der Waals surface area contributed by atoms with E-state index in [0.29, 0.717) is 49.3 Å². The Morgan fingerprint density at radius 3 is 2.69 bits per heavy atom. The van der Waals surface area contributed by atoms with E-state index in [0.717, 1.165) is 37.7 Å². The summed E-state index contributed by atoms with van der Waals surface area (Å²) in [6, 6.07) is 9.49. The Labute approximate surface area is 215 Å². The molecule has 2 aliphatic rings. The summed E-state index contributed by atoms with van der Waals surface area (Å²) < 4.78 is 24.2. The van der Waals surface area contributed by atoms with Gasteiger partial charge in [0.1, 0.15) is 0 Å². The van der Waals surface area contributed by atoms with E-state index in [1.807, 2.05) is 36.2 Å². The summed E-state index contributed by atoms with van der Waals surface area (Å²) in [7, 11) is 1.61. The number of likely N-dealkylation sites (tertiary alicyclic amines) is 1. The van der Waals surface area contributed by atoms with Crippen molar-refractivity contribution in [3.63, 3.8) is 0 Å². The number of carbonyl (C=O) groups excluding carboxylic acids is 1. The van der Waals surface area contributed by atoms with E-state index in [4.69, 9.17) is 18.9 Å². The summed E-state index contributed by atoms with van der Waals surface area (Å²) in [5, 5.41) is 0. The van der Waals surface area contributed by atoms with E-state index < -0.39 is 0 Å². The van der Waals surface area contributed by atoms with Crippen molar-refractivity contribution in [3.05, 3.63) is 53.9 Å². The normalized spacial score (nSPS) is 21.5. The van der Waals surface area contributed by atoms with Crippen molar-refractivity contribution < 1.29 is 23.7 Å². The van der Waals surface area contributed by atoms with Crippen LogP contribution in [0.25, 0.3) is 0 Å². The second kappa shape index (κ2) is 12.1. The molecule has 0 radical (unpaired) electrons. The van der Waals surface area contributed by atoms with E-state index in [2.05, 4.69) is 24.9 Å². The van der Waals surface area contributed by atoms with Gasteiger partial charge < -0.3 is 23.8 Å². The number of piperidine rings is 1. The number of methoxy groups -OCH3 is 1. The number of amides is 1. The van der Waals surface area contributed by atoms with Crippen LogP contribution in [0.15, 0.2) is 42.7 Å². The molecule has 3 heterocycles. The average molecular weight is 497 g/mol. The highest BCUT2D eigenvalue weighted by molar-refractivity contribution is 5.95. The predicted octanol–water partition coefficient (Wildman–Crippen LogP) is 5.45. The van der Waals surface area contributed by atoms with E-state index in [1.165, 1.54) is 0 Å². The predicted molar refractivity (Wildman–Crippen MR) is 139 cm³/mol. The Kier molecular flexibility index (Phi) is 8.86. The average Bonchev–Trinajstić information content (AvgIpc) is 2.89. The van der Waals surface area contributed by atoms with Crippen molar-refractivity contribution in [2.24, 2.45) is 5.92 Å². The summed E-state index contributed by atoms with van der Waals surface area (Å²) in [5.74, 6) is 1.84. The molecule has 36 heavy (non-hydrogen) atoms. The van der Waals surface area contributed by atoms with Gasteiger partial charge in [-0.05, 0) is 61.9 Å². The highest BCUT2D eigenvalue weighted by Gasteiger charge is 2.45. The molecule has 7 nitrogen and oxygen atoms in total. The Hall–Kier alpha value is -2.64. The van der Waals surface area contributed by atoms with Crippen LogP contribution >= 0.6 is 0 Å². The van der Waals surface area contributed by atoms with Crippen molar-refractivity contribution in [2.45, 2.75) is 70.7 Å². The molecule has 2 saturated heterocycles. The lowest BCUT2D eigenvalue weighted by atomic mass is 9.80. The molecular weight excluding hydrogens is 456 g/mol. The molecule has 0 N–H and O–H groups in total. The van der Waals surface area contributed by atoms with E-state index in [9.17, 15) is 4.79 Å². The van der Waals surface area contributed by atoms with Crippen LogP contribution in [0.3, 0.4) is 0 Å². The van der Waals surface area contributed by atoms with Crippen LogP contribution in [-0.4, -0.2) is 60.9 Å². The van der Waals surface area contributed by atoms with Gasteiger partial charge in [0.15, 0.2) is 11.5 Å². The minimum Gasteiger partial charge on any atom is -0.493 e. The molecule has 1 amide bonds. The molecule has 1 spiro atoms. The fraction of sp³-hybridized carbons (Fsp3) is 0.586. The molecule has 4 rings (SSSR count). The second-order valence-electron chi connectivity index (χ2n) is 10.3. The summed E-state index contributed by atoms with van der Waals surface area (Å²) in [4.78, 5) is 19.6. The monoisotopic (exact) mass is 496 g/mol. The number of carbonyl (C=O) groups is 1. The number of aromatic nitrogens is 1. The molecule has 2 aromatic rings. The molecule has 0 unspecified atom stereocenters. The van der Waals surface area contributed by atoms with E-state index >= 15 is 0 Å². The van der Waals surface area contributed by atoms with E-state index in [-0.39, 0.29) is 23.7 Å². The minimum atomic E-state index is -0.290. The Bertz CT molecular complexity index is 988. The van der Waals surface area contributed by atoms with Gasteiger partial charge in [0.2, 0.25) is 0 Å². The van der Waals surface area contributed by atoms with Crippen LogP contribution in [0.1, 0.15) is 74.9 Å². The van der Waals surface area contributed by atoms with Crippen LogP contribution in [0.2, 0.25) is 0 Å². The first-order valence-electron chi connectivity index (χ1n) is 13.2. The molecule has 1 aromatic heterocycles. The van der Waals surface area contributed by atoms with Crippen LogP contribution in [0.4, 0.5) is 0 Å². The van der Waals surface area contributed by atoms with Gasteiger partial charge in [-0.15, -0.1) is 0 Å². The van der Waals surface area contributed by atoms with Crippen molar-refractivity contribution in [3.8, 4) is 11.5 Å². The Morgan fingerprint density at radius 1 is 1.22 bits per heavy atom. The lowest BCUT2D eigenvalue weighted by Crippen LogP contribution is -2.52. The van der Waals surface area contributed by atoms with Crippen molar-refractivity contribution >= 4 is 5.91 Å². The van der Waals surface area contributed by atoms with Gasteiger partial charge in [-0.25, -0.2) is 0 Å². The van der Waals surface area contributed by atoms with Gasteiger partial charge in [0.05, 0.1) is 31.5 Å². The van der Waals surface area contributed by atoms with Crippen LogP contribution in [-0.2, 0) is 9.47 Å². The van der Waals surface area contributed by atoms with Crippen molar-refractivity contribution in [1.29, 1.82) is 0 Å². The first-order chi connectivity index (χ1) is 17.4. The van der Waals surface area contributed by atoms with Crippen molar-refractivity contribution in [1.82, 2.24) is 9.88 Å². The second-order valence-corrected chi connectivity index (χ2v) is 10.3. The SMILES string of the molecule is CCO[C@@H]1C[C@H](c2cccnc2)OC2(CCN(C(=O)c3ccc(OCCC(C)C)c(OC)c3)CC2)C1. The zero-order valence-electron chi connectivity index (χ0n) is 22.1. The third-order valence-corrected chi connectivity index (χ3v) is 7.25. The Morgan fingerprint density at radius 2 is 2.03 bits per heavy atom. The van der Waals surface area contributed by atoms with Crippen molar-refractivity contribution in [2.75, 3.05) is 33.4 Å². The zero-order valence-corrected chi connectivity index (χ0v) is 22.1. The Balaban J connectivity index is 1.41. The molecule has 7 heteroatoms. The lowest BCUT2D eigenvalue weighted by molar-refractivity contribution is -0.190. The molecular formula is C29H40N2O5. The third-order valence-electron chi connectivity index (χ3n) is 7.25. The molecule has 0 saturated carbocycles. The van der Waals surface area contributed by atoms with Crippen LogP contribution in [0.5, 0.6) is 11.5 Å². The van der Waals surface area contributed by atoms with Gasteiger partial charge >= 0.3 is 0 Å². The van der Waals surface area contributed by atoms with Gasteiger partial charge in [0.25, 0.3) is 5.91 Å². The summed E-state index contributed by atoms with van der Waals surface area (Å²) in [6.07, 6.45) is 7.99. The maximum atomic E-state index is 13.4. The standard InChI is InChI=1S/C29H40N2O5/c1-5-34-24-18-26(23-7-6-13-30-20-23)36-29(19-24)11-14-31(15-12-29)28(32)22-8-9-25(27(17-22)33-4)35-16-10-21(2)3/h6-9,13,17,20-21,24,26H,5,10-12,14-16,18-19H2,1-4H3/t24-,26-/m1/s1. The summed E-state index contributed by atoms with van der Waals surface area (Å²) in [5.41, 5.74) is 1.41. The third kappa shape index (κ3) is 6.37. The number of pyridine rings is 1. The highest BCUT2D eigenvalue weighted by Crippen LogP contribution is 2.44. The highest BCUT2D eigenvalue weighted by atomic mass is 16.5. The smallest absolute Gasteiger partial charge is 0.253 e. The largest absolute Gasteiger partial charge is 0.493 e. The summed E-state index contributed by atoms with van der Waals surface area (Å²) >= 11 is 0. The molecule has 2 atom stereocenters. The van der Waals surface area contributed by atoms with Gasteiger partial charge in [-0.2, -0.15) is 0 Å². The fourth-order valence-corrected chi connectivity index (χ4v) is 5.21. The number of benzene rings is 1. The van der Waals surface area contributed by atoms with Crippen LogP contribution < -0.4 is 9.47 Å². The lowest BCUT2D eigenvalue weighted by Gasteiger charge is -2.48. The topological polar surface area (TPSA) is 70.1 Å². The summed E-state index contributed by atoms with van der Waals surface area (Å²) in [6.45, 7) is 8.97. The number of rotatable bonds is 9. The number of nitrogens with zero attached hydrogens (tertiary/aromatic N) is 2. The van der Waals surface area contributed by atoms with Gasteiger partial charge in [0, 0.05) is 50.5 Å². The maximum Gasteiger partial charge on any atom is 0.253 e. The minimum absolute atomic E-state index is 0.0119. The number of ether oxygens (including phenoxy) is 4. The molecule has 0 bridgehead atoms. The quantitative estimate of drug-likeness (QED) is 0.460. The molecule has 2 fully saturated rings. The van der Waals surface area contributed by atoms with E-state index in [1.54, 1.807) is 19.4 Å². The molecule has 2 aliphatic heterocycles. The van der Waals surface area contributed by atoms with Crippen LogP contribution in [0, 0.1) is 5.92 Å². The first-order valence-corrected chi connectivity index (χ1v) is 13.2. The molecule has 1 aromatic carbocycles. The fourth-order valence-electron chi connectivity index (χ4n) is 5.21. The number of hydrogen-bond donors (Lipinski definition) is 0. The maximum absolute atomic E-state index is 13.4. The zero-order chi connectivity index (χ0) is 25.5. The van der Waals surface area contributed by atoms with Gasteiger partial charge in [-0.1, -0.05) is 19.9 Å². The molecule has 0 aliphatic carbocycles. The van der Waals surface area contributed by atoms with Gasteiger partial charge in [-0.3, -0.25) is 9.78 Å². The number of hydrogen-bond acceptors (Lipinski definition) is 6.